The van der Waals surface area contributed by atoms with E-state index >= 15 is 0 Å². The van der Waals surface area contributed by atoms with Gasteiger partial charge in [0.1, 0.15) is 17.2 Å². The molecule has 0 fully saturated rings. The summed E-state index contributed by atoms with van der Waals surface area (Å²) >= 11 is 0. The molecule has 0 saturated heterocycles. The van der Waals surface area contributed by atoms with Gasteiger partial charge in [-0.25, -0.2) is 4.79 Å². The molecule has 3 aromatic carbocycles. The average molecular weight is 697 g/mol. The van der Waals surface area contributed by atoms with E-state index in [1.54, 1.807) is 54.6 Å². The van der Waals surface area contributed by atoms with E-state index in [9.17, 15) is 9.59 Å². The molecule has 278 valence electrons. The van der Waals surface area contributed by atoms with Gasteiger partial charge in [0.2, 0.25) is 0 Å². The van der Waals surface area contributed by atoms with Crippen LogP contribution in [0.25, 0.3) is 6.08 Å². The summed E-state index contributed by atoms with van der Waals surface area (Å²) in [5.74, 6) is 1.26. The zero-order valence-corrected chi connectivity index (χ0v) is 31.7. The molecule has 0 unspecified atom stereocenters. The Morgan fingerprint density at radius 1 is 0.490 bits per heavy atom. The predicted octanol–water partition coefficient (Wildman–Crippen LogP) is 13.4. The number of ketones is 1. The van der Waals surface area contributed by atoms with Gasteiger partial charge >= 0.3 is 5.97 Å². The van der Waals surface area contributed by atoms with Crippen molar-refractivity contribution in [2.45, 2.75) is 142 Å². The Kier molecular flexibility index (Phi) is 21.9. The lowest BCUT2D eigenvalue weighted by atomic mass is 10.1. The highest BCUT2D eigenvalue weighted by Gasteiger charge is 2.11. The molecule has 0 heterocycles. The molecule has 0 radical (unpaired) electrons. The van der Waals surface area contributed by atoms with E-state index in [0.717, 1.165) is 36.5 Å². The fraction of sp³-hybridized carbons (Fsp3) is 0.522. The van der Waals surface area contributed by atoms with Gasteiger partial charge in [0.25, 0.3) is 0 Å². The minimum absolute atomic E-state index is 0.168. The molecule has 0 spiro atoms. The third-order valence-electron chi connectivity index (χ3n) is 9.26. The standard InChI is InChI=1S/C46H64O5/c1-3-5-7-9-11-13-15-17-19-21-36-49-42-31-26-39(27-32-42)28-35-45(47)41-24-23-25-44(38-41)51-46(48)40-29-33-43(34-30-40)50-37-22-20-18-16-14-12-10-8-6-4-2/h23-35,38H,3-22,36-37H2,1-2H3/b35-28+. The Bertz CT molecular complexity index is 1380. The normalized spacial score (nSPS) is 11.2. The van der Waals surface area contributed by atoms with Gasteiger partial charge in [-0.1, -0.05) is 160 Å². The fourth-order valence-electron chi connectivity index (χ4n) is 6.07. The molecule has 5 nitrogen and oxygen atoms in total. The summed E-state index contributed by atoms with van der Waals surface area (Å²) in [6.45, 7) is 5.92. The van der Waals surface area contributed by atoms with E-state index < -0.39 is 5.97 Å². The van der Waals surface area contributed by atoms with Crippen LogP contribution in [0.15, 0.2) is 78.9 Å². The van der Waals surface area contributed by atoms with Crippen molar-refractivity contribution in [2.75, 3.05) is 13.2 Å². The lowest BCUT2D eigenvalue weighted by molar-refractivity contribution is 0.0733. The number of hydrogen-bond acceptors (Lipinski definition) is 5. The van der Waals surface area contributed by atoms with E-state index in [1.807, 2.05) is 24.3 Å². The second-order valence-corrected chi connectivity index (χ2v) is 13.8. The smallest absolute Gasteiger partial charge is 0.343 e. The lowest BCUT2D eigenvalue weighted by Crippen LogP contribution is -2.09. The van der Waals surface area contributed by atoms with Crippen LogP contribution in [0.1, 0.15) is 169 Å². The van der Waals surface area contributed by atoms with Crippen LogP contribution in [0.5, 0.6) is 17.2 Å². The molecule has 0 amide bonds. The molecule has 0 aliphatic rings. The SMILES string of the molecule is CCCCCCCCCCCCOc1ccc(/C=C/C(=O)c2cccc(OC(=O)c3ccc(OCCCCCCCCCCCC)cc3)c2)cc1. The van der Waals surface area contributed by atoms with Gasteiger partial charge in [0, 0.05) is 5.56 Å². The number of rotatable bonds is 29. The van der Waals surface area contributed by atoms with E-state index in [4.69, 9.17) is 14.2 Å². The average Bonchev–Trinajstić information content (AvgIpc) is 3.16. The molecular formula is C46H64O5. The minimum Gasteiger partial charge on any atom is -0.494 e. The third kappa shape index (κ3) is 18.8. The molecule has 51 heavy (non-hydrogen) atoms. The summed E-state index contributed by atoms with van der Waals surface area (Å²) < 4.78 is 17.4. The van der Waals surface area contributed by atoms with Gasteiger partial charge in [-0.3, -0.25) is 4.79 Å². The Hall–Kier alpha value is -3.86. The molecular weight excluding hydrogens is 633 g/mol. The maximum absolute atomic E-state index is 12.9. The van der Waals surface area contributed by atoms with Crippen molar-refractivity contribution in [3.8, 4) is 17.2 Å². The summed E-state index contributed by atoms with van der Waals surface area (Å²) in [5, 5.41) is 0. The number of unbranched alkanes of at least 4 members (excludes halogenated alkanes) is 18. The van der Waals surface area contributed by atoms with Crippen LogP contribution in [-0.2, 0) is 0 Å². The number of esters is 1. The summed E-state index contributed by atoms with van der Waals surface area (Å²) in [6, 6.07) is 21.5. The summed E-state index contributed by atoms with van der Waals surface area (Å²) in [5.41, 5.74) is 1.78. The summed E-state index contributed by atoms with van der Waals surface area (Å²) in [4.78, 5) is 25.7. The van der Waals surface area contributed by atoms with Crippen LogP contribution in [0.2, 0.25) is 0 Å². The highest BCUT2D eigenvalue weighted by molar-refractivity contribution is 6.07. The Morgan fingerprint density at radius 2 is 0.941 bits per heavy atom. The highest BCUT2D eigenvalue weighted by Crippen LogP contribution is 2.20. The van der Waals surface area contributed by atoms with Gasteiger partial charge in [0.15, 0.2) is 5.78 Å². The van der Waals surface area contributed by atoms with Crippen LogP contribution in [0.3, 0.4) is 0 Å². The second kappa shape index (κ2) is 26.9. The zero-order valence-electron chi connectivity index (χ0n) is 31.7. The molecule has 0 aliphatic carbocycles. The van der Waals surface area contributed by atoms with E-state index in [1.165, 1.54) is 122 Å². The first-order valence-corrected chi connectivity index (χ1v) is 20.1. The van der Waals surface area contributed by atoms with Crippen molar-refractivity contribution in [3.63, 3.8) is 0 Å². The quantitative estimate of drug-likeness (QED) is 0.0238. The van der Waals surface area contributed by atoms with Gasteiger partial charge in [0.05, 0.1) is 18.8 Å². The number of benzene rings is 3. The molecule has 0 aliphatic heterocycles. The Morgan fingerprint density at radius 3 is 1.43 bits per heavy atom. The van der Waals surface area contributed by atoms with Crippen molar-refractivity contribution >= 4 is 17.8 Å². The first-order chi connectivity index (χ1) is 25.1. The number of allylic oxidation sites excluding steroid dienone is 1. The molecule has 0 atom stereocenters. The molecule has 3 aromatic rings. The Labute approximate surface area is 309 Å². The number of carbonyl (C=O) groups excluding carboxylic acids is 2. The topological polar surface area (TPSA) is 61.8 Å². The maximum atomic E-state index is 12.9. The molecule has 0 N–H and O–H groups in total. The van der Waals surface area contributed by atoms with Crippen LogP contribution >= 0.6 is 0 Å². The number of ether oxygens (including phenoxy) is 3. The fourth-order valence-corrected chi connectivity index (χ4v) is 6.07. The van der Waals surface area contributed by atoms with E-state index in [2.05, 4.69) is 13.8 Å². The van der Waals surface area contributed by atoms with Crippen molar-refractivity contribution in [1.29, 1.82) is 0 Å². The predicted molar refractivity (Wildman–Crippen MR) is 212 cm³/mol. The first-order valence-electron chi connectivity index (χ1n) is 20.1. The van der Waals surface area contributed by atoms with Crippen molar-refractivity contribution in [1.82, 2.24) is 0 Å². The maximum Gasteiger partial charge on any atom is 0.343 e. The van der Waals surface area contributed by atoms with Crippen molar-refractivity contribution in [3.05, 3.63) is 95.6 Å². The largest absolute Gasteiger partial charge is 0.494 e. The van der Waals surface area contributed by atoms with Gasteiger partial charge in [-0.15, -0.1) is 0 Å². The van der Waals surface area contributed by atoms with Crippen LogP contribution in [0.4, 0.5) is 0 Å². The van der Waals surface area contributed by atoms with Crippen LogP contribution < -0.4 is 14.2 Å². The zero-order chi connectivity index (χ0) is 36.2. The third-order valence-corrected chi connectivity index (χ3v) is 9.26. The van der Waals surface area contributed by atoms with E-state index in [-0.39, 0.29) is 5.78 Å². The van der Waals surface area contributed by atoms with Crippen LogP contribution in [0, 0.1) is 0 Å². The number of hydrogen-bond donors (Lipinski definition) is 0. The van der Waals surface area contributed by atoms with Gasteiger partial charge in [-0.2, -0.15) is 0 Å². The second-order valence-electron chi connectivity index (χ2n) is 13.8. The van der Waals surface area contributed by atoms with E-state index in [0.29, 0.717) is 23.5 Å². The minimum atomic E-state index is -0.480. The molecule has 0 aromatic heterocycles. The van der Waals surface area contributed by atoms with Gasteiger partial charge < -0.3 is 14.2 Å². The Balaban J connectivity index is 1.31. The summed E-state index contributed by atoms with van der Waals surface area (Å²) in [7, 11) is 0. The van der Waals surface area contributed by atoms with Crippen molar-refractivity contribution < 1.29 is 23.8 Å². The lowest BCUT2D eigenvalue weighted by Gasteiger charge is -2.08. The van der Waals surface area contributed by atoms with Crippen molar-refractivity contribution in [2.24, 2.45) is 0 Å². The monoisotopic (exact) mass is 696 g/mol. The van der Waals surface area contributed by atoms with Crippen LogP contribution in [-0.4, -0.2) is 25.0 Å². The molecule has 0 saturated carbocycles. The molecule has 5 heteroatoms. The summed E-state index contributed by atoms with van der Waals surface area (Å²) in [6.07, 6.45) is 29.3. The molecule has 3 rings (SSSR count). The number of carbonyl (C=O) groups is 2. The first kappa shape index (κ1) is 41.6. The molecule has 0 bridgehead atoms. The van der Waals surface area contributed by atoms with Gasteiger partial charge in [-0.05, 0) is 73.0 Å². The highest BCUT2D eigenvalue weighted by atomic mass is 16.5.